The number of fused-ring (bicyclic) bond motifs is 2. The number of thiol groups is 2. The summed E-state index contributed by atoms with van der Waals surface area (Å²) in [7, 11) is -4.49. The number of anilines is 3. The van der Waals surface area contributed by atoms with Crippen LogP contribution in [0.15, 0.2) is 108 Å². The van der Waals surface area contributed by atoms with Gasteiger partial charge in [0, 0.05) is 70.8 Å². The Morgan fingerprint density at radius 2 is 1.33 bits per heavy atom. The number of ether oxygens (including phenoxy) is 1. The summed E-state index contributed by atoms with van der Waals surface area (Å²) in [6.45, 7) is 9.86. The molecule has 1 aliphatic carbocycles. The summed E-state index contributed by atoms with van der Waals surface area (Å²) < 4.78 is 42.6. The fraction of sp³-hybridized carbons (Fsp3) is 0.282. The molecule has 0 spiro atoms. The van der Waals surface area contributed by atoms with Gasteiger partial charge in [0.2, 0.25) is 0 Å². The summed E-state index contributed by atoms with van der Waals surface area (Å²) in [6.07, 6.45) is 5.98. The number of aryl methyl sites for hydroxylation is 4. The molecular formula is C39H42N2O4S3. The van der Waals surface area contributed by atoms with Gasteiger partial charge in [0.1, 0.15) is 11.9 Å². The van der Waals surface area contributed by atoms with Crippen LogP contribution in [0.2, 0.25) is 0 Å². The van der Waals surface area contributed by atoms with Gasteiger partial charge in [-0.3, -0.25) is 4.55 Å². The Kier molecular flexibility index (Phi) is 10.0. The second-order valence-corrected chi connectivity index (χ2v) is 14.8. The van der Waals surface area contributed by atoms with E-state index in [0.717, 1.165) is 39.4 Å². The Balaban J connectivity index is 1.52. The van der Waals surface area contributed by atoms with E-state index in [1.807, 2.05) is 12.1 Å². The molecular weight excluding hydrogens is 657 g/mol. The van der Waals surface area contributed by atoms with E-state index in [1.165, 1.54) is 17.2 Å². The summed E-state index contributed by atoms with van der Waals surface area (Å²) >= 11 is 9.21. The maximum absolute atomic E-state index is 12.7. The minimum Gasteiger partial charge on any atom is -0.485 e. The van der Waals surface area contributed by atoms with Crippen LogP contribution in [-0.4, -0.2) is 43.7 Å². The highest BCUT2D eigenvalue weighted by molar-refractivity contribution is 7.85. The van der Waals surface area contributed by atoms with E-state index in [9.17, 15) is 13.0 Å². The van der Waals surface area contributed by atoms with Gasteiger partial charge in [-0.25, -0.2) is 0 Å². The summed E-state index contributed by atoms with van der Waals surface area (Å²) in [5, 5.41) is 0. The Hall–Kier alpha value is -3.63. The van der Waals surface area contributed by atoms with Crippen molar-refractivity contribution >= 4 is 52.4 Å². The standard InChI is InChI=1S/C39H42N2O4S3/c1-25-9-7-10-26(2)38(25)40(19-21-46)29-15-17-31-34(23-29)45-35-24-30(41(20-22-47)39-27(3)11-8-12-28(39)4)16-18-32(35)37(31)33-13-5-6-14-36(33)48(42,43)44/h5-18,23-24,31,34,37,46-47H,19-22H2,1-4H3,(H,42,43,44). The number of allylic oxidation sites excluding steroid dienone is 1. The molecule has 4 aromatic rings. The molecule has 1 aliphatic heterocycles. The Labute approximate surface area is 295 Å². The summed E-state index contributed by atoms with van der Waals surface area (Å²) in [5.41, 5.74) is 10.3. The van der Waals surface area contributed by atoms with Gasteiger partial charge >= 0.3 is 0 Å². The second kappa shape index (κ2) is 14.1. The fourth-order valence-electron chi connectivity index (χ4n) is 7.40. The highest BCUT2D eigenvalue weighted by atomic mass is 32.2. The number of benzene rings is 4. The van der Waals surface area contributed by atoms with E-state index in [4.69, 9.17) is 4.74 Å². The van der Waals surface area contributed by atoms with Crippen molar-refractivity contribution < 1.29 is 17.7 Å². The molecule has 6 nitrogen and oxygen atoms in total. The first kappa shape index (κ1) is 34.2. The summed E-state index contributed by atoms with van der Waals surface area (Å²) in [4.78, 5) is 4.47. The molecule has 0 fully saturated rings. The van der Waals surface area contributed by atoms with Gasteiger partial charge in [-0.1, -0.05) is 66.7 Å². The topological polar surface area (TPSA) is 70.1 Å². The van der Waals surface area contributed by atoms with Crippen molar-refractivity contribution in [1.29, 1.82) is 0 Å². The van der Waals surface area contributed by atoms with E-state index >= 15 is 0 Å². The smallest absolute Gasteiger partial charge is 0.294 e. The average molecular weight is 699 g/mol. The van der Waals surface area contributed by atoms with Gasteiger partial charge in [0.15, 0.2) is 0 Å². The molecule has 1 N–H and O–H groups in total. The van der Waals surface area contributed by atoms with Crippen LogP contribution >= 0.6 is 25.3 Å². The van der Waals surface area contributed by atoms with Gasteiger partial charge < -0.3 is 14.5 Å². The third kappa shape index (κ3) is 6.53. The first-order chi connectivity index (χ1) is 23.0. The number of nitrogens with zero attached hydrogens (tertiary/aromatic N) is 2. The first-order valence-electron chi connectivity index (χ1n) is 16.2. The third-order valence-electron chi connectivity index (χ3n) is 9.41. The van der Waals surface area contributed by atoms with Crippen molar-refractivity contribution in [3.8, 4) is 5.75 Å². The molecule has 1 heterocycles. The van der Waals surface area contributed by atoms with Crippen molar-refractivity contribution in [3.05, 3.63) is 136 Å². The fourth-order valence-corrected chi connectivity index (χ4v) is 8.54. The van der Waals surface area contributed by atoms with E-state index in [0.29, 0.717) is 35.9 Å². The zero-order chi connectivity index (χ0) is 34.2. The lowest BCUT2D eigenvalue weighted by Crippen LogP contribution is -2.38. The molecule has 9 heteroatoms. The molecule has 0 amide bonds. The third-order valence-corrected chi connectivity index (χ3v) is 10.7. The predicted octanol–water partition coefficient (Wildman–Crippen LogP) is 8.63. The molecule has 0 aromatic heterocycles. The first-order valence-corrected chi connectivity index (χ1v) is 18.9. The maximum atomic E-state index is 12.7. The van der Waals surface area contributed by atoms with Gasteiger partial charge in [-0.15, -0.1) is 0 Å². The van der Waals surface area contributed by atoms with Crippen LogP contribution in [0.25, 0.3) is 0 Å². The molecule has 6 rings (SSSR count). The van der Waals surface area contributed by atoms with Gasteiger partial charge in [0.25, 0.3) is 10.1 Å². The molecule has 250 valence electrons. The van der Waals surface area contributed by atoms with Crippen LogP contribution in [-0.2, 0) is 10.1 Å². The maximum Gasteiger partial charge on any atom is 0.294 e. The quantitative estimate of drug-likeness (QED) is 0.114. The molecule has 0 saturated carbocycles. The normalized spacial score (nSPS) is 18.4. The predicted molar refractivity (Wildman–Crippen MR) is 204 cm³/mol. The van der Waals surface area contributed by atoms with E-state index < -0.39 is 22.1 Å². The van der Waals surface area contributed by atoms with Gasteiger partial charge in [0.05, 0.1) is 4.90 Å². The van der Waals surface area contributed by atoms with Crippen LogP contribution in [0.3, 0.4) is 0 Å². The van der Waals surface area contributed by atoms with Gasteiger partial charge in [-0.05, 0) is 79.8 Å². The lowest BCUT2D eigenvalue weighted by Gasteiger charge is -2.41. The van der Waals surface area contributed by atoms with Crippen molar-refractivity contribution in [2.45, 2.75) is 44.6 Å². The summed E-state index contributed by atoms with van der Waals surface area (Å²) in [5.74, 6) is 1.37. The van der Waals surface area contributed by atoms with Crippen LogP contribution in [0.1, 0.15) is 39.3 Å². The van der Waals surface area contributed by atoms with Gasteiger partial charge in [-0.2, -0.15) is 33.7 Å². The van der Waals surface area contributed by atoms with Crippen LogP contribution in [0, 0.1) is 33.6 Å². The molecule has 0 radical (unpaired) electrons. The number of hydrogen-bond donors (Lipinski definition) is 3. The van der Waals surface area contributed by atoms with E-state index in [1.54, 1.807) is 12.1 Å². The highest BCUT2D eigenvalue weighted by Crippen LogP contribution is 2.50. The zero-order valence-corrected chi connectivity index (χ0v) is 30.3. The second-order valence-electron chi connectivity index (χ2n) is 12.6. The van der Waals surface area contributed by atoms with Crippen LogP contribution in [0.5, 0.6) is 5.75 Å². The lowest BCUT2D eigenvalue weighted by molar-refractivity contribution is 0.164. The van der Waals surface area contributed by atoms with Crippen molar-refractivity contribution in [2.75, 3.05) is 34.4 Å². The monoisotopic (exact) mass is 698 g/mol. The average Bonchev–Trinajstić information content (AvgIpc) is 3.05. The van der Waals surface area contributed by atoms with Crippen molar-refractivity contribution in [1.82, 2.24) is 0 Å². The molecule has 0 saturated heterocycles. The van der Waals surface area contributed by atoms with E-state index in [-0.39, 0.29) is 10.8 Å². The zero-order valence-electron chi connectivity index (χ0n) is 27.7. The molecule has 4 aromatic carbocycles. The SMILES string of the molecule is Cc1cccc(C)c1N(CCS)C1=CC2Oc3cc(N(CCS)c4c(C)cccc4C)ccc3C(c3ccccc3S(=O)(=O)O)C2C=C1. The minimum atomic E-state index is -4.49. The molecule has 0 bridgehead atoms. The lowest BCUT2D eigenvalue weighted by atomic mass is 9.74. The van der Waals surface area contributed by atoms with Crippen LogP contribution < -0.4 is 14.5 Å². The molecule has 48 heavy (non-hydrogen) atoms. The molecule has 3 atom stereocenters. The largest absolute Gasteiger partial charge is 0.485 e. The van der Waals surface area contributed by atoms with Crippen molar-refractivity contribution in [2.24, 2.45) is 5.92 Å². The Morgan fingerprint density at radius 3 is 1.94 bits per heavy atom. The minimum absolute atomic E-state index is 0.0895. The molecule has 2 aliphatic rings. The Bertz CT molecular complexity index is 1970. The Morgan fingerprint density at radius 1 is 0.750 bits per heavy atom. The van der Waals surface area contributed by atoms with E-state index in [2.05, 4.69) is 130 Å². The highest BCUT2D eigenvalue weighted by Gasteiger charge is 2.41. The number of hydrogen-bond acceptors (Lipinski definition) is 7. The number of rotatable bonds is 10. The van der Waals surface area contributed by atoms with Crippen LogP contribution in [0.4, 0.5) is 17.1 Å². The summed E-state index contributed by atoms with van der Waals surface area (Å²) in [6, 6.07) is 25.5. The molecule has 3 unspecified atom stereocenters. The number of para-hydroxylation sites is 2. The van der Waals surface area contributed by atoms with Crippen molar-refractivity contribution in [3.63, 3.8) is 0 Å².